The van der Waals surface area contributed by atoms with E-state index in [4.69, 9.17) is 5.11 Å². The predicted octanol–water partition coefficient (Wildman–Crippen LogP) is 6.17. The molecule has 0 saturated heterocycles. The quantitative estimate of drug-likeness (QED) is 0.259. The maximum atomic E-state index is 10.7. The Balaban J connectivity index is 0.000000184. The summed E-state index contributed by atoms with van der Waals surface area (Å²) in [6.45, 7) is 4.05. The summed E-state index contributed by atoms with van der Waals surface area (Å²) in [4.78, 5) is 16.7. The van der Waals surface area contributed by atoms with Gasteiger partial charge in [-0.25, -0.2) is 4.79 Å². The summed E-state index contributed by atoms with van der Waals surface area (Å²) in [5.41, 5.74) is 4.60. The predicted molar refractivity (Wildman–Crippen MR) is 108 cm³/mol. The third-order valence-electron chi connectivity index (χ3n) is 3.83. The molecule has 4 rings (SSSR count). The molecule has 4 nitrogen and oxygen atoms in total. The van der Waals surface area contributed by atoms with E-state index in [9.17, 15) is 4.79 Å². The number of fused-ring (bicyclic) bond motifs is 2. The Morgan fingerprint density at radius 3 is 2.12 bits per heavy atom. The summed E-state index contributed by atoms with van der Waals surface area (Å²) < 4.78 is 2.07. The molecule has 26 heavy (non-hydrogen) atoms. The molecule has 0 aliphatic heterocycles. The van der Waals surface area contributed by atoms with Gasteiger partial charge < -0.3 is 15.1 Å². The fourth-order valence-electron chi connectivity index (χ4n) is 2.70. The summed E-state index contributed by atoms with van der Waals surface area (Å²) >= 11 is 6.90. The normalized spacial score (nSPS) is 10.3. The second-order valence-electron chi connectivity index (χ2n) is 5.88. The number of aryl methyl sites for hydroxylation is 2. The van der Waals surface area contributed by atoms with Crippen molar-refractivity contribution in [3.05, 3.63) is 68.4 Å². The number of H-pyrrole nitrogens is 2. The van der Waals surface area contributed by atoms with Crippen molar-refractivity contribution in [3.8, 4) is 0 Å². The molecule has 0 fully saturated rings. The Labute approximate surface area is 178 Å². The van der Waals surface area contributed by atoms with E-state index in [1.165, 1.54) is 16.5 Å². The van der Waals surface area contributed by atoms with Gasteiger partial charge in [0.25, 0.3) is 0 Å². The summed E-state index contributed by atoms with van der Waals surface area (Å²) in [5, 5.41) is 10.9. The van der Waals surface area contributed by atoms with Crippen molar-refractivity contribution in [1.82, 2.24) is 9.97 Å². The van der Waals surface area contributed by atoms with Gasteiger partial charge in [-0.3, -0.25) is 0 Å². The fraction of sp³-hybridized carbons (Fsp3) is 0.105. The topological polar surface area (TPSA) is 68.9 Å². The number of aromatic carboxylic acids is 1. The van der Waals surface area contributed by atoms with Gasteiger partial charge in [0.05, 0.1) is 0 Å². The molecule has 0 aliphatic rings. The first kappa shape index (κ1) is 20.8. The molecule has 4 aromatic rings. The number of carboxylic acid groups (broad SMARTS) is 1. The molecular formula is C19H16Br2CuN2O2. The molecule has 1 radical (unpaired) electrons. The van der Waals surface area contributed by atoms with Crippen molar-refractivity contribution in [2.24, 2.45) is 0 Å². The van der Waals surface area contributed by atoms with Gasteiger partial charge in [0.15, 0.2) is 0 Å². The number of carboxylic acids is 1. The number of benzene rings is 2. The van der Waals surface area contributed by atoms with Crippen LogP contribution in [0.3, 0.4) is 0 Å². The van der Waals surface area contributed by atoms with Gasteiger partial charge in [0.2, 0.25) is 0 Å². The molecule has 2 aromatic carbocycles. The number of carbonyl (C=O) groups is 1. The second-order valence-corrected chi connectivity index (χ2v) is 7.59. The van der Waals surface area contributed by atoms with Gasteiger partial charge in [-0.1, -0.05) is 31.9 Å². The van der Waals surface area contributed by atoms with Crippen molar-refractivity contribution >= 4 is 59.6 Å². The number of rotatable bonds is 1. The van der Waals surface area contributed by atoms with E-state index in [2.05, 4.69) is 67.0 Å². The number of halogens is 2. The van der Waals surface area contributed by atoms with Gasteiger partial charge in [-0.05, 0) is 61.4 Å². The monoisotopic (exact) mass is 525 g/mol. The smallest absolute Gasteiger partial charge is 0.352 e. The van der Waals surface area contributed by atoms with Crippen molar-refractivity contribution in [2.45, 2.75) is 13.8 Å². The van der Waals surface area contributed by atoms with Crippen LogP contribution in [-0.4, -0.2) is 21.0 Å². The molecule has 0 saturated carbocycles. The van der Waals surface area contributed by atoms with Crippen LogP contribution in [0.15, 0.2) is 51.5 Å². The molecule has 0 bridgehead atoms. The standard InChI is InChI=1S/C10H8BrNO2.C9H8BrN.Cu/c1-5-2-7(11)6-4-9(10(13)14)12-8(6)3-5;1-6-4-8(10)7-2-3-11-9(7)5-6;/h2-4,12H,1H3,(H,13,14);2-5,11H,1H3;. The Bertz CT molecular complexity index is 1090. The van der Waals surface area contributed by atoms with Gasteiger partial charge in [0.1, 0.15) is 5.69 Å². The number of aromatic amines is 2. The summed E-state index contributed by atoms with van der Waals surface area (Å²) in [5.74, 6) is -0.939. The maximum absolute atomic E-state index is 10.7. The van der Waals surface area contributed by atoms with Crippen LogP contribution in [-0.2, 0) is 17.1 Å². The largest absolute Gasteiger partial charge is 0.477 e. The molecule has 2 heterocycles. The Morgan fingerprint density at radius 2 is 1.50 bits per heavy atom. The van der Waals surface area contributed by atoms with Gasteiger partial charge >= 0.3 is 5.97 Å². The minimum atomic E-state index is -0.939. The van der Waals surface area contributed by atoms with E-state index in [-0.39, 0.29) is 22.8 Å². The van der Waals surface area contributed by atoms with Crippen LogP contribution in [0, 0.1) is 13.8 Å². The molecule has 0 amide bonds. The third kappa shape index (κ3) is 4.41. The average molecular weight is 528 g/mol. The molecule has 0 aliphatic carbocycles. The molecule has 0 unspecified atom stereocenters. The molecule has 0 spiro atoms. The Kier molecular flexibility index (Phi) is 6.74. The zero-order valence-electron chi connectivity index (χ0n) is 14.0. The summed E-state index contributed by atoms with van der Waals surface area (Å²) in [6, 6.07) is 11.8. The van der Waals surface area contributed by atoms with Crippen LogP contribution in [0.2, 0.25) is 0 Å². The van der Waals surface area contributed by atoms with Crippen molar-refractivity contribution < 1.29 is 27.0 Å². The van der Waals surface area contributed by atoms with Crippen LogP contribution in [0.1, 0.15) is 21.6 Å². The van der Waals surface area contributed by atoms with E-state index in [1.54, 1.807) is 6.07 Å². The van der Waals surface area contributed by atoms with Crippen LogP contribution in [0.25, 0.3) is 21.8 Å². The van der Waals surface area contributed by atoms with E-state index >= 15 is 0 Å². The van der Waals surface area contributed by atoms with Gasteiger partial charge in [0, 0.05) is 54.0 Å². The second kappa shape index (κ2) is 8.44. The molecule has 0 atom stereocenters. The first-order chi connectivity index (χ1) is 11.8. The van der Waals surface area contributed by atoms with E-state index in [0.717, 1.165) is 25.4 Å². The zero-order valence-corrected chi connectivity index (χ0v) is 18.1. The van der Waals surface area contributed by atoms with Crippen LogP contribution < -0.4 is 0 Å². The van der Waals surface area contributed by atoms with E-state index in [1.807, 2.05) is 25.3 Å². The minimum absolute atomic E-state index is 0. The zero-order chi connectivity index (χ0) is 18.1. The summed E-state index contributed by atoms with van der Waals surface area (Å²) in [7, 11) is 0. The average Bonchev–Trinajstić information content (AvgIpc) is 3.14. The minimum Gasteiger partial charge on any atom is -0.477 e. The molecular weight excluding hydrogens is 512 g/mol. The van der Waals surface area contributed by atoms with Gasteiger partial charge in [-0.2, -0.15) is 0 Å². The van der Waals surface area contributed by atoms with Gasteiger partial charge in [-0.15, -0.1) is 0 Å². The van der Waals surface area contributed by atoms with Crippen molar-refractivity contribution in [2.75, 3.05) is 0 Å². The number of nitrogens with one attached hydrogen (secondary N) is 2. The Hall–Kier alpha value is -1.53. The van der Waals surface area contributed by atoms with Crippen LogP contribution in [0.4, 0.5) is 0 Å². The molecule has 3 N–H and O–H groups in total. The first-order valence-electron chi connectivity index (χ1n) is 7.60. The SMILES string of the molecule is Cc1cc(Br)c2cc(C(=O)O)[nH]c2c1.Cc1cc(Br)c2cc[nH]c2c1.[Cu]. The third-order valence-corrected chi connectivity index (χ3v) is 5.14. The maximum Gasteiger partial charge on any atom is 0.352 e. The number of hydrogen-bond acceptors (Lipinski definition) is 1. The van der Waals surface area contributed by atoms with Crippen LogP contribution in [0.5, 0.6) is 0 Å². The fourth-order valence-corrected chi connectivity index (χ4v) is 4.10. The van der Waals surface area contributed by atoms with Crippen molar-refractivity contribution in [1.29, 1.82) is 0 Å². The first-order valence-corrected chi connectivity index (χ1v) is 9.19. The molecule has 2 aromatic heterocycles. The summed E-state index contributed by atoms with van der Waals surface area (Å²) in [6.07, 6.45) is 1.95. The van der Waals surface area contributed by atoms with Crippen LogP contribution >= 0.6 is 31.9 Å². The number of aromatic nitrogens is 2. The Morgan fingerprint density at radius 1 is 0.923 bits per heavy atom. The van der Waals surface area contributed by atoms with Crippen molar-refractivity contribution in [3.63, 3.8) is 0 Å². The number of hydrogen-bond donors (Lipinski definition) is 3. The molecule has 7 heteroatoms. The van der Waals surface area contributed by atoms with E-state index in [0.29, 0.717) is 0 Å². The molecule has 139 valence electrons. The van der Waals surface area contributed by atoms with E-state index < -0.39 is 5.97 Å².